The minimum Gasteiger partial charge on any atom is -0.337 e. The Morgan fingerprint density at radius 3 is 2.70 bits per heavy atom. The van der Waals surface area contributed by atoms with Crippen molar-refractivity contribution >= 4 is 17.4 Å². The standard InChI is InChI=1S/C18H20N4O/c23-18(21-9-3-4-10-21)15-12-17(20-13-19-15)22-11-5-7-14-6-1-2-8-16(14)22/h1-2,6,8,12-13H,3-5,7,9-11H2. The second-order valence-electron chi connectivity index (χ2n) is 6.14. The largest absolute Gasteiger partial charge is 0.337 e. The number of aromatic nitrogens is 2. The highest BCUT2D eigenvalue weighted by Crippen LogP contribution is 2.32. The van der Waals surface area contributed by atoms with E-state index in [-0.39, 0.29) is 5.91 Å². The van der Waals surface area contributed by atoms with Crippen molar-refractivity contribution in [2.24, 2.45) is 0 Å². The Hall–Kier alpha value is -2.43. The van der Waals surface area contributed by atoms with Crippen LogP contribution >= 0.6 is 0 Å². The van der Waals surface area contributed by atoms with E-state index < -0.39 is 0 Å². The first-order valence-electron chi connectivity index (χ1n) is 8.30. The van der Waals surface area contributed by atoms with Gasteiger partial charge in [0.2, 0.25) is 0 Å². The molecule has 5 heteroatoms. The SMILES string of the molecule is O=C(c1cc(N2CCCc3ccccc32)ncn1)N1CCCC1. The second-order valence-corrected chi connectivity index (χ2v) is 6.14. The summed E-state index contributed by atoms with van der Waals surface area (Å²) in [6, 6.07) is 10.2. The van der Waals surface area contributed by atoms with E-state index in [0.717, 1.165) is 51.1 Å². The summed E-state index contributed by atoms with van der Waals surface area (Å²) < 4.78 is 0. The van der Waals surface area contributed by atoms with Gasteiger partial charge in [-0.15, -0.1) is 0 Å². The molecule has 0 bridgehead atoms. The predicted octanol–water partition coefficient (Wildman–Crippen LogP) is 2.80. The molecular weight excluding hydrogens is 288 g/mol. The fourth-order valence-corrected chi connectivity index (χ4v) is 3.47. The van der Waals surface area contributed by atoms with Gasteiger partial charge in [0.25, 0.3) is 5.91 Å². The van der Waals surface area contributed by atoms with Crippen LogP contribution in [0.3, 0.4) is 0 Å². The maximum absolute atomic E-state index is 12.5. The normalized spacial score (nSPS) is 17.2. The average molecular weight is 308 g/mol. The summed E-state index contributed by atoms with van der Waals surface area (Å²) in [6.07, 6.45) is 5.87. The molecule has 1 amide bonds. The van der Waals surface area contributed by atoms with Crippen LogP contribution in [0.2, 0.25) is 0 Å². The van der Waals surface area contributed by atoms with E-state index in [0.29, 0.717) is 5.69 Å². The molecule has 118 valence electrons. The summed E-state index contributed by atoms with van der Waals surface area (Å²) in [5.74, 6) is 0.839. The van der Waals surface area contributed by atoms with Crippen LogP contribution in [0.1, 0.15) is 35.3 Å². The van der Waals surface area contributed by atoms with Gasteiger partial charge in [0.05, 0.1) is 0 Å². The zero-order chi connectivity index (χ0) is 15.6. The number of aryl methyl sites for hydroxylation is 1. The van der Waals surface area contributed by atoms with E-state index in [1.165, 1.54) is 17.6 Å². The summed E-state index contributed by atoms with van der Waals surface area (Å²) in [5, 5.41) is 0. The number of benzene rings is 1. The molecule has 23 heavy (non-hydrogen) atoms. The van der Waals surface area contributed by atoms with Gasteiger partial charge in [0.1, 0.15) is 17.8 Å². The Morgan fingerprint density at radius 2 is 1.83 bits per heavy atom. The molecule has 0 spiro atoms. The molecule has 0 N–H and O–H groups in total. The number of hydrogen-bond acceptors (Lipinski definition) is 4. The second kappa shape index (κ2) is 5.99. The van der Waals surface area contributed by atoms with Crippen molar-refractivity contribution in [1.82, 2.24) is 14.9 Å². The van der Waals surface area contributed by atoms with E-state index in [1.54, 1.807) is 0 Å². The van der Waals surface area contributed by atoms with Crippen LogP contribution in [0.5, 0.6) is 0 Å². The van der Waals surface area contributed by atoms with Gasteiger partial charge in [-0.25, -0.2) is 9.97 Å². The first-order chi connectivity index (χ1) is 11.3. The molecule has 0 atom stereocenters. The van der Waals surface area contributed by atoms with Crippen LogP contribution in [-0.4, -0.2) is 40.4 Å². The Kier molecular flexibility index (Phi) is 3.69. The Bertz CT molecular complexity index is 724. The third-order valence-electron chi connectivity index (χ3n) is 4.65. The number of para-hydroxylation sites is 1. The number of likely N-dealkylation sites (tertiary alicyclic amines) is 1. The van der Waals surface area contributed by atoms with Crippen molar-refractivity contribution in [3.8, 4) is 0 Å². The smallest absolute Gasteiger partial charge is 0.272 e. The fourth-order valence-electron chi connectivity index (χ4n) is 3.47. The first-order valence-corrected chi connectivity index (χ1v) is 8.30. The number of fused-ring (bicyclic) bond motifs is 1. The van der Waals surface area contributed by atoms with Crippen LogP contribution in [0.25, 0.3) is 0 Å². The number of rotatable bonds is 2. The molecule has 2 aliphatic heterocycles. The van der Waals surface area contributed by atoms with Gasteiger partial charge in [-0.1, -0.05) is 18.2 Å². The van der Waals surface area contributed by atoms with E-state index in [9.17, 15) is 4.79 Å². The van der Waals surface area contributed by atoms with Gasteiger partial charge in [-0.05, 0) is 37.3 Å². The van der Waals surface area contributed by atoms with Crippen molar-refractivity contribution < 1.29 is 4.79 Å². The van der Waals surface area contributed by atoms with E-state index >= 15 is 0 Å². The maximum atomic E-state index is 12.5. The van der Waals surface area contributed by atoms with Gasteiger partial charge in [-0.3, -0.25) is 4.79 Å². The number of hydrogen-bond donors (Lipinski definition) is 0. The number of carbonyl (C=O) groups is 1. The van der Waals surface area contributed by atoms with Gasteiger partial charge in [-0.2, -0.15) is 0 Å². The predicted molar refractivity (Wildman–Crippen MR) is 88.9 cm³/mol. The first kappa shape index (κ1) is 14.2. The van der Waals surface area contributed by atoms with E-state index in [2.05, 4.69) is 39.1 Å². The molecular formula is C18H20N4O. The minimum absolute atomic E-state index is 0.0245. The molecule has 1 aromatic heterocycles. The molecule has 4 rings (SSSR count). The average Bonchev–Trinajstić information content (AvgIpc) is 3.15. The van der Waals surface area contributed by atoms with Gasteiger partial charge in [0, 0.05) is 31.4 Å². The van der Waals surface area contributed by atoms with Crippen molar-refractivity contribution in [3.63, 3.8) is 0 Å². The van der Waals surface area contributed by atoms with E-state index in [1.807, 2.05) is 11.0 Å². The number of carbonyl (C=O) groups excluding carboxylic acids is 1. The topological polar surface area (TPSA) is 49.3 Å². The van der Waals surface area contributed by atoms with Crippen LogP contribution in [0.4, 0.5) is 11.5 Å². The molecule has 2 aliphatic rings. The molecule has 1 fully saturated rings. The lowest BCUT2D eigenvalue weighted by Gasteiger charge is -2.30. The van der Waals surface area contributed by atoms with Gasteiger partial charge >= 0.3 is 0 Å². The van der Waals surface area contributed by atoms with Gasteiger partial charge in [0.15, 0.2) is 0 Å². The van der Waals surface area contributed by atoms with Crippen LogP contribution in [0.15, 0.2) is 36.7 Å². The van der Waals surface area contributed by atoms with Crippen molar-refractivity contribution in [2.45, 2.75) is 25.7 Å². The Morgan fingerprint density at radius 1 is 1.00 bits per heavy atom. The van der Waals surface area contributed by atoms with Crippen molar-refractivity contribution in [1.29, 1.82) is 0 Å². The Labute approximate surface area is 136 Å². The summed E-state index contributed by atoms with van der Waals surface area (Å²) in [4.78, 5) is 25.2. The molecule has 1 saturated heterocycles. The molecule has 5 nitrogen and oxygen atoms in total. The molecule has 0 unspecified atom stereocenters. The summed E-state index contributed by atoms with van der Waals surface area (Å²) >= 11 is 0. The highest BCUT2D eigenvalue weighted by Gasteiger charge is 2.23. The summed E-state index contributed by atoms with van der Waals surface area (Å²) in [5.41, 5.74) is 3.03. The lowest BCUT2D eigenvalue weighted by atomic mass is 10.0. The number of anilines is 2. The molecule has 0 saturated carbocycles. The zero-order valence-corrected chi connectivity index (χ0v) is 13.1. The Balaban J connectivity index is 1.66. The third kappa shape index (κ3) is 2.67. The summed E-state index contributed by atoms with van der Waals surface area (Å²) in [7, 11) is 0. The van der Waals surface area contributed by atoms with Gasteiger partial charge < -0.3 is 9.80 Å². The zero-order valence-electron chi connectivity index (χ0n) is 13.1. The molecule has 1 aromatic carbocycles. The highest BCUT2D eigenvalue weighted by atomic mass is 16.2. The van der Waals surface area contributed by atoms with Crippen molar-refractivity contribution in [3.05, 3.63) is 47.9 Å². The highest BCUT2D eigenvalue weighted by molar-refractivity contribution is 5.93. The quantitative estimate of drug-likeness (QED) is 0.856. The monoisotopic (exact) mass is 308 g/mol. The van der Waals surface area contributed by atoms with Crippen LogP contribution in [-0.2, 0) is 6.42 Å². The number of amides is 1. The van der Waals surface area contributed by atoms with E-state index in [4.69, 9.17) is 0 Å². The molecule has 0 aliphatic carbocycles. The number of nitrogens with zero attached hydrogens (tertiary/aromatic N) is 4. The molecule has 3 heterocycles. The van der Waals surface area contributed by atoms with Crippen molar-refractivity contribution in [2.75, 3.05) is 24.5 Å². The van der Waals surface area contributed by atoms with Crippen LogP contribution < -0.4 is 4.90 Å². The minimum atomic E-state index is 0.0245. The molecule has 2 aromatic rings. The third-order valence-corrected chi connectivity index (χ3v) is 4.65. The lowest BCUT2D eigenvalue weighted by Crippen LogP contribution is -2.29. The van der Waals surface area contributed by atoms with Crippen LogP contribution in [0, 0.1) is 0 Å². The lowest BCUT2D eigenvalue weighted by molar-refractivity contribution is 0.0787. The fraction of sp³-hybridized carbons (Fsp3) is 0.389. The molecule has 0 radical (unpaired) electrons. The summed E-state index contributed by atoms with van der Waals surface area (Å²) in [6.45, 7) is 2.60. The maximum Gasteiger partial charge on any atom is 0.272 e.